The average Bonchev–Trinajstić information content (AvgIpc) is 2.39. The van der Waals surface area contributed by atoms with E-state index in [1.54, 1.807) is 0 Å². The van der Waals surface area contributed by atoms with Gasteiger partial charge in [0.15, 0.2) is 0 Å². The van der Waals surface area contributed by atoms with Gasteiger partial charge in [0, 0.05) is 44.8 Å². The molecule has 1 amide bonds. The molecular formula is C15H21N3O. The minimum absolute atomic E-state index is 0.336. The Kier molecular flexibility index (Phi) is 3.78. The highest BCUT2D eigenvalue weighted by Crippen LogP contribution is 2.28. The molecule has 1 aromatic rings. The summed E-state index contributed by atoms with van der Waals surface area (Å²) in [6, 6.07) is 6.03. The molecule has 1 aliphatic carbocycles. The molecule has 0 unspecified atom stereocenters. The van der Waals surface area contributed by atoms with E-state index in [2.05, 4.69) is 20.9 Å². The summed E-state index contributed by atoms with van der Waals surface area (Å²) in [6.45, 7) is 4.58. The Morgan fingerprint density at radius 2 is 2.00 bits per heavy atom. The van der Waals surface area contributed by atoms with Crippen molar-refractivity contribution in [3.05, 3.63) is 30.1 Å². The molecule has 4 heteroatoms. The van der Waals surface area contributed by atoms with Gasteiger partial charge in [-0.1, -0.05) is 12.5 Å². The molecule has 1 aliphatic heterocycles. The van der Waals surface area contributed by atoms with Crippen LogP contribution in [0, 0.1) is 5.92 Å². The number of rotatable bonds is 3. The molecule has 2 aliphatic rings. The Morgan fingerprint density at radius 1 is 1.21 bits per heavy atom. The highest BCUT2D eigenvalue weighted by molar-refractivity contribution is 5.79. The van der Waals surface area contributed by atoms with Crippen LogP contribution in [-0.2, 0) is 11.3 Å². The number of pyridine rings is 1. The Hall–Kier alpha value is -1.42. The highest BCUT2D eigenvalue weighted by Gasteiger charge is 2.31. The van der Waals surface area contributed by atoms with Crippen LogP contribution in [0.1, 0.15) is 25.0 Å². The number of hydrogen-bond donors (Lipinski definition) is 0. The van der Waals surface area contributed by atoms with Crippen molar-refractivity contribution >= 4 is 5.91 Å². The summed E-state index contributed by atoms with van der Waals surface area (Å²) in [5, 5.41) is 0. The van der Waals surface area contributed by atoms with Crippen molar-refractivity contribution in [3.8, 4) is 0 Å². The molecule has 0 atom stereocenters. The normalized spacial score (nSPS) is 21.2. The van der Waals surface area contributed by atoms with Crippen LogP contribution >= 0.6 is 0 Å². The van der Waals surface area contributed by atoms with Gasteiger partial charge in [-0.15, -0.1) is 0 Å². The van der Waals surface area contributed by atoms with Crippen molar-refractivity contribution in [2.75, 3.05) is 26.2 Å². The highest BCUT2D eigenvalue weighted by atomic mass is 16.2. The van der Waals surface area contributed by atoms with Gasteiger partial charge in [0.25, 0.3) is 0 Å². The van der Waals surface area contributed by atoms with Gasteiger partial charge in [-0.25, -0.2) is 0 Å². The fraction of sp³-hybridized carbons (Fsp3) is 0.600. The summed E-state index contributed by atoms with van der Waals surface area (Å²) in [7, 11) is 0. The smallest absolute Gasteiger partial charge is 0.225 e. The quantitative estimate of drug-likeness (QED) is 0.826. The van der Waals surface area contributed by atoms with Crippen molar-refractivity contribution < 1.29 is 4.79 Å². The number of hydrogen-bond acceptors (Lipinski definition) is 3. The maximum absolute atomic E-state index is 12.1. The van der Waals surface area contributed by atoms with E-state index >= 15 is 0 Å². The maximum Gasteiger partial charge on any atom is 0.225 e. The summed E-state index contributed by atoms with van der Waals surface area (Å²) in [5.41, 5.74) is 1.11. The molecule has 1 saturated carbocycles. The van der Waals surface area contributed by atoms with E-state index in [1.165, 1.54) is 6.42 Å². The number of piperazine rings is 1. The molecule has 0 aromatic carbocycles. The van der Waals surface area contributed by atoms with E-state index in [0.29, 0.717) is 11.8 Å². The minimum atomic E-state index is 0.336. The first kappa shape index (κ1) is 12.6. The van der Waals surface area contributed by atoms with Crippen molar-refractivity contribution in [3.63, 3.8) is 0 Å². The van der Waals surface area contributed by atoms with E-state index in [9.17, 15) is 4.79 Å². The van der Waals surface area contributed by atoms with Crippen molar-refractivity contribution in [2.24, 2.45) is 5.92 Å². The van der Waals surface area contributed by atoms with Gasteiger partial charge in [-0.3, -0.25) is 14.7 Å². The van der Waals surface area contributed by atoms with E-state index in [1.807, 2.05) is 18.3 Å². The molecule has 0 N–H and O–H groups in total. The van der Waals surface area contributed by atoms with Crippen LogP contribution in [0.5, 0.6) is 0 Å². The largest absolute Gasteiger partial charge is 0.340 e. The Morgan fingerprint density at radius 3 is 2.58 bits per heavy atom. The third-order valence-electron chi connectivity index (χ3n) is 4.25. The second-order valence-corrected chi connectivity index (χ2v) is 5.55. The predicted octanol–water partition coefficient (Wildman–Crippen LogP) is 1.53. The molecule has 4 nitrogen and oxygen atoms in total. The molecule has 3 rings (SSSR count). The first-order chi connectivity index (χ1) is 9.33. The van der Waals surface area contributed by atoms with Gasteiger partial charge < -0.3 is 4.90 Å². The molecule has 0 radical (unpaired) electrons. The fourth-order valence-corrected chi connectivity index (χ4v) is 2.76. The van der Waals surface area contributed by atoms with Gasteiger partial charge in [0.2, 0.25) is 5.91 Å². The average molecular weight is 259 g/mol. The SMILES string of the molecule is O=C(C1CCC1)N1CCN(Cc2ccccn2)CC1. The maximum atomic E-state index is 12.1. The van der Waals surface area contributed by atoms with E-state index in [-0.39, 0.29) is 0 Å². The molecule has 0 spiro atoms. The topological polar surface area (TPSA) is 36.4 Å². The number of amides is 1. The second kappa shape index (κ2) is 5.70. The van der Waals surface area contributed by atoms with Crippen LogP contribution in [0.2, 0.25) is 0 Å². The van der Waals surface area contributed by atoms with Crippen LogP contribution in [-0.4, -0.2) is 46.9 Å². The van der Waals surface area contributed by atoms with Crippen molar-refractivity contribution in [2.45, 2.75) is 25.8 Å². The standard InChI is InChI=1S/C15H21N3O/c19-15(13-4-3-5-13)18-10-8-17(9-11-18)12-14-6-1-2-7-16-14/h1-2,6-7,13H,3-5,8-12H2. The third-order valence-corrected chi connectivity index (χ3v) is 4.25. The lowest BCUT2D eigenvalue weighted by Crippen LogP contribution is -2.50. The summed E-state index contributed by atoms with van der Waals surface area (Å²) in [6.07, 6.45) is 5.28. The number of carbonyl (C=O) groups excluding carboxylic acids is 1. The lowest BCUT2D eigenvalue weighted by Gasteiger charge is -2.38. The molecule has 102 valence electrons. The third kappa shape index (κ3) is 2.95. The Bertz CT molecular complexity index is 422. The number of carbonyl (C=O) groups is 1. The van der Waals surface area contributed by atoms with Crippen LogP contribution in [0.25, 0.3) is 0 Å². The summed E-state index contributed by atoms with van der Waals surface area (Å²) >= 11 is 0. The first-order valence-corrected chi connectivity index (χ1v) is 7.24. The lowest BCUT2D eigenvalue weighted by molar-refractivity contribution is -0.140. The van der Waals surface area contributed by atoms with Crippen molar-refractivity contribution in [1.29, 1.82) is 0 Å². The molecule has 1 aromatic heterocycles. The van der Waals surface area contributed by atoms with Gasteiger partial charge in [-0.2, -0.15) is 0 Å². The van der Waals surface area contributed by atoms with E-state index in [4.69, 9.17) is 0 Å². The number of nitrogens with zero attached hydrogens (tertiary/aromatic N) is 3. The first-order valence-electron chi connectivity index (χ1n) is 7.24. The predicted molar refractivity (Wildman–Crippen MR) is 73.4 cm³/mol. The minimum Gasteiger partial charge on any atom is -0.340 e. The Labute approximate surface area is 114 Å². The number of aromatic nitrogens is 1. The zero-order valence-corrected chi connectivity index (χ0v) is 11.3. The lowest BCUT2D eigenvalue weighted by atomic mass is 9.84. The van der Waals surface area contributed by atoms with Gasteiger partial charge >= 0.3 is 0 Å². The van der Waals surface area contributed by atoms with E-state index < -0.39 is 0 Å². The molecule has 19 heavy (non-hydrogen) atoms. The molecule has 0 bridgehead atoms. The molecule has 2 fully saturated rings. The second-order valence-electron chi connectivity index (χ2n) is 5.55. The van der Waals surface area contributed by atoms with Crippen molar-refractivity contribution in [1.82, 2.24) is 14.8 Å². The molecular weight excluding hydrogens is 238 g/mol. The van der Waals surface area contributed by atoms with Gasteiger partial charge in [0.05, 0.1) is 5.69 Å². The fourth-order valence-electron chi connectivity index (χ4n) is 2.76. The summed E-state index contributed by atoms with van der Waals surface area (Å²) in [5.74, 6) is 0.728. The van der Waals surface area contributed by atoms with E-state index in [0.717, 1.165) is 51.3 Å². The zero-order valence-electron chi connectivity index (χ0n) is 11.3. The summed E-state index contributed by atoms with van der Waals surface area (Å²) in [4.78, 5) is 20.9. The van der Waals surface area contributed by atoms with Crippen LogP contribution < -0.4 is 0 Å². The molecule has 1 saturated heterocycles. The zero-order chi connectivity index (χ0) is 13.1. The van der Waals surface area contributed by atoms with Crippen LogP contribution in [0.3, 0.4) is 0 Å². The van der Waals surface area contributed by atoms with Gasteiger partial charge in [-0.05, 0) is 25.0 Å². The van der Waals surface area contributed by atoms with Crippen LogP contribution in [0.15, 0.2) is 24.4 Å². The summed E-state index contributed by atoms with van der Waals surface area (Å²) < 4.78 is 0. The van der Waals surface area contributed by atoms with Crippen LogP contribution in [0.4, 0.5) is 0 Å². The monoisotopic (exact) mass is 259 g/mol. The van der Waals surface area contributed by atoms with Gasteiger partial charge in [0.1, 0.15) is 0 Å². The molecule has 2 heterocycles. The Balaban J connectivity index is 1.48.